The van der Waals surface area contributed by atoms with Crippen molar-refractivity contribution in [2.24, 2.45) is 0 Å². The number of nitrogens with one attached hydrogen (secondary N) is 1. The quantitative estimate of drug-likeness (QED) is 0.837. The van der Waals surface area contributed by atoms with Crippen LogP contribution in [0.15, 0.2) is 15.8 Å². The van der Waals surface area contributed by atoms with Crippen LogP contribution in [0, 0.1) is 0 Å². The van der Waals surface area contributed by atoms with Crippen molar-refractivity contribution in [2.45, 2.75) is 32.2 Å². The van der Waals surface area contributed by atoms with Gasteiger partial charge >= 0.3 is 5.69 Å². The van der Waals surface area contributed by atoms with Crippen LogP contribution in [0.3, 0.4) is 0 Å². The second-order valence-corrected chi connectivity index (χ2v) is 5.38. The average molecular weight is 303 g/mol. The second-order valence-electron chi connectivity index (χ2n) is 5.38. The van der Waals surface area contributed by atoms with Crippen LogP contribution in [0.2, 0.25) is 0 Å². The number of aromatic amines is 1. The van der Waals surface area contributed by atoms with Gasteiger partial charge in [-0.25, -0.2) is 9.78 Å². The van der Waals surface area contributed by atoms with E-state index in [1.165, 1.54) is 10.8 Å². The highest BCUT2D eigenvalue weighted by Gasteiger charge is 2.23. The Morgan fingerprint density at radius 1 is 1.32 bits per heavy atom. The van der Waals surface area contributed by atoms with Crippen molar-refractivity contribution in [1.29, 1.82) is 0 Å². The highest BCUT2D eigenvalue weighted by molar-refractivity contribution is 6.01. The summed E-state index contributed by atoms with van der Waals surface area (Å²) in [6, 6.07) is 0. The Morgan fingerprint density at radius 3 is 2.91 bits per heavy atom. The SMILES string of the molecule is COCCCn1c(=O)[nH]c(=O)c2c3c(cnc21)C(=O)CCC3. The summed E-state index contributed by atoms with van der Waals surface area (Å²) in [5, 5.41) is 0.363. The van der Waals surface area contributed by atoms with E-state index in [1.807, 2.05) is 0 Å². The summed E-state index contributed by atoms with van der Waals surface area (Å²) in [7, 11) is 1.59. The number of ether oxygens (including phenoxy) is 1. The van der Waals surface area contributed by atoms with Crippen molar-refractivity contribution in [2.75, 3.05) is 13.7 Å². The van der Waals surface area contributed by atoms with E-state index in [1.54, 1.807) is 7.11 Å². The fourth-order valence-corrected chi connectivity index (χ4v) is 2.94. The third-order valence-corrected chi connectivity index (χ3v) is 3.98. The molecule has 0 atom stereocenters. The minimum absolute atomic E-state index is 0.00665. The number of hydrogen-bond acceptors (Lipinski definition) is 5. The Hall–Kier alpha value is -2.28. The van der Waals surface area contributed by atoms with Gasteiger partial charge < -0.3 is 4.74 Å². The molecule has 0 bridgehead atoms. The molecule has 1 N–H and O–H groups in total. The zero-order valence-corrected chi connectivity index (χ0v) is 12.3. The van der Waals surface area contributed by atoms with Gasteiger partial charge in [0.05, 0.1) is 5.39 Å². The molecule has 0 saturated heterocycles. The fourth-order valence-electron chi connectivity index (χ4n) is 2.94. The van der Waals surface area contributed by atoms with Crippen LogP contribution < -0.4 is 11.2 Å². The molecule has 0 fully saturated rings. The standard InChI is InChI=1S/C15H17N3O4/c1-22-7-3-6-18-13-12(14(20)17-15(18)21)9-4-2-5-11(19)10(9)8-16-13/h8H,2-7H2,1H3,(H,17,20,21). The number of carbonyl (C=O) groups excluding carboxylic acids is 1. The van der Waals surface area contributed by atoms with Crippen LogP contribution in [0.4, 0.5) is 0 Å². The zero-order valence-electron chi connectivity index (χ0n) is 12.3. The van der Waals surface area contributed by atoms with Crippen molar-refractivity contribution in [3.8, 4) is 0 Å². The van der Waals surface area contributed by atoms with Crippen molar-refractivity contribution in [3.05, 3.63) is 38.2 Å². The number of ketones is 1. The molecule has 7 nitrogen and oxygen atoms in total. The molecule has 0 radical (unpaired) electrons. The number of H-pyrrole nitrogens is 1. The molecule has 1 aliphatic carbocycles. The first-order chi connectivity index (χ1) is 10.6. The lowest BCUT2D eigenvalue weighted by molar-refractivity contribution is 0.0972. The van der Waals surface area contributed by atoms with Gasteiger partial charge in [-0.15, -0.1) is 0 Å². The zero-order chi connectivity index (χ0) is 15.7. The predicted molar refractivity (Wildman–Crippen MR) is 80.4 cm³/mol. The first-order valence-electron chi connectivity index (χ1n) is 7.30. The molecule has 3 rings (SSSR count). The van der Waals surface area contributed by atoms with Crippen LogP contribution in [-0.4, -0.2) is 34.0 Å². The van der Waals surface area contributed by atoms with Crippen molar-refractivity contribution in [3.63, 3.8) is 0 Å². The van der Waals surface area contributed by atoms with Gasteiger partial charge in [-0.3, -0.25) is 19.1 Å². The Kier molecular flexibility index (Phi) is 3.89. The number of hydrogen-bond donors (Lipinski definition) is 1. The van der Waals surface area contributed by atoms with Crippen molar-refractivity contribution in [1.82, 2.24) is 14.5 Å². The molecule has 2 heterocycles. The van der Waals surface area contributed by atoms with Gasteiger partial charge in [0.1, 0.15) is 5.65 Å². The van der Waals surface area contributed by atoms with Crippen LogP contribution >= 0.6 is 0 Å². The number of carbonyl (C=O) groups is 1. The first-order valence-corrected chi connectivity index (χ1v) is 7.30. The fraction of sp³-hybridized carbons (Fsp3) is 0.467. The molecular formula is C15H17N3O4. The summed E-state index contributed by atoms with van der Waals surface area (Å²) in [4.78, 5) is 42.8. The average Bonchev–Trinajstić information content (AvgIpc) is 2.50. The van der Waals surface area contributed by atoms with Gasteiger partial charge in [-0.1, -0.05) is 0 Å². The van der Waals surface area contributed by atoms with Crippen LogP contribution in [0.25, 0.3) is 11.0 Å². The number of pyridine rings is 1. The Morgan fingerprint density at radius 2 is 2.14 bits per heavy atom. The van der Waals surface area contributed by atoms with Crippen LogP contribution in [0.5, 0.6) is 0 Å². The molecule has 22 heavy (non-hydrogen) atoms. The molecule has 0 saturated carbocycles. The molecule has 1 aliphatic rings. The lowest BCUT2D eigenvalue weighted by Crippen LogP contribution is -2.32. The lowest BCUT2D eigenvalue weighted by Gasteiger charge is -2.17. The number of Topliss-reactive ketones (excluding diaryl/α,β-unsaturated/α-hetero) is 1. The number of nitrogens with zero attached hydrogens (tertiary/aromatic N) is 2. The van der Waals surface area contributed by atoms with E-state index in [2.05, 4.69) is 9.97 Å². The molecule has 2 aromatic heterocycles. The maximum Gasteiger partial charge on any atom is 0.329 e. The number of fused-ring (bicyclic) bond motifs is 3. The van der Waals surface area contributed by atoms with Crippen LogP contribution in [-0.2, 0) is 17.7 Å². The maximum absolute atomic E-state index is 12.2. The van der Waals surface area contributed by atoms with E-state index in [9.17, 15) is 14.4 Å². The Balaban J connectivity index is 2.24. The predicted octanol–water partition coefficient (Wildman–Crippen LogP) is 0.640. The van der Waals surface area contributed by atoms with Gasteiger partial charge in [-0.05, 0) is 24.8 Å². The summed E-state index contributed by atoms with van der Waals surface area (Å²) in [6.07, 6.45) is 3.97. The smallest absolute Gasteiger partial charge is 0.329 e. The first kappa shape index (κ1) is 14.6. The highest BCUT2D eigenvalue weighted by Crippen LogP contribution is 2.25. The van der Waals surface area contributed by atoms with E-state index >= 15 is 0 Å². The topological polar surface area (TPSA) is 94.1 Å². The largest absolute Gasteiger partial charge is 0.385 e. The third kappa shape index (κ3) is 2.37. The van der Waals surface area contributed by atoms with Gasteiger partial charge in [0.25, 0.3) is 5.56 Å². The molecular weight excluding hydrogens is 286 g/mol. The van der Waals surface area contributed by atoms with E-state index in [-0.39, 0.29) is 5.78 Å². The van der Waals surface area contributed by atoms with E-state index < -0.39 is 11.2 Å². The monoisotopic (exact) mass is 303 g/mol. The third-order valence-electron chi connectivity index (χ3n) is 3.98. The van der Waals surface area contributed by atoms with Gasteiger partial charge in [0.15, 0.2) is 5.78 Å². The van der Waals surface area contributed by atoms with E-state index in [4.69, 9.17) is 4.74 Å². The summed E-state index contributed by atoms with van der Waals surface area (Å²) in [5.74, 6) is 0.00665. The minimum Gasteiger partial charge on any atom is -0.385 e. The van der Waals surface area contributed by atoms with Gasteiger partial charge in [-0.2, -0.15) is 0 Å². The maximum atomic E-state index is 12.2. The lowest BCUT2D eigenvalue weighted by atomic mass is 9.90. The molecule has 116 valence electrons. The molecule has 0 aromatic carbocycles. The van der Waals surface area contributed by atoms with E-state index in [0.29, 0.717) is 61.0 Å². The minimum atomic E-state index is -0.483. The Bertz CT molecular complexity index is 850. The summed E-state index contributed by atoms with van der Waals surface area (Å²) in [5.41, 5.74) is 0.609. The van der Waals surface area contributed by atoms with Gasteiger partial charge in [0.2, 0.25) is 0 Å². The summed E-state index contributed by atoms with van der Waals surface area (Å²) in [6.45, 7) is 0.913. The second kappa shape index (κ2) is 5.84. The summed E-state index contributed by atoms with van der Waals surface area (Å²) < 4.78 is 6.43. The molecule has 2 aromatic rings. The van der Waals surface area contributed by atoms with Gasteiger partial charge in [0, 0.05) is 38.4 Å². The van der Waals surface area contributed by atoms with Crippen molar-refractivity contribution < 1.29 is 9.53 Å². The molecule has 7 heteroatoms. The highest BCUT2D eigenvalue weighted by atomic mass is 16.5. The molecule has 0 unspecified atom stereocenters. The number of aryl methyl sites for hydroxylation is 2. The normalized spacial score (nSPS) is 14.3. The Labute approximate surface area is 125 Å². The molecule has 0 spiro atoms. The number of methoxy groups -OCH3 is 1. The molecule has 0 amide bonds. The molecule has 0 aliphatic heterocycles. The van der Waals surface area contributed by atoms with Crippen molar-refractivity contribution >= 4 is 16.8 Å². The van der Waals surface area contributed by atoms with E-state index in [0.717, 1.165) is 0 Å². The summed E-state index contributed by atoms with van der Waals surface area (Å²) >= 11 is 0. The number of aromatic nitrogens is 3. The van der Waals surface area contributed by atoms with Crippen LogP contribution in [0.1, 0.15) is 35.2 Å². The number of rotatable bonds is 4.